The molecule has 0 fully saturated rings. The molecule has 0 aliphatic carbocycles. The van der Waals surface area contributed by atoms with Crippen LogP contribution < -0.4 is 10.5 Å². The fourth-order valence-electron chi connectivity index (χ4n) is 1.85. The highest BCUT2D eigenvalue weighted by molar-refractivity contribution is 9.10. The van der Waals surface area contributed by atoms with Crippen LogP contribution in [0.2, 0.25) is 0 Å². The molecule has 0 aliphatic heterocycles. The highest BCUT2D eigenvalue weighted by atomic mass is 79.9. The predicted octanol–water partition coefficient (Wildman–Crippen LogP) is 3.53. The van der Waals surface area contributed by atoms with Crippen LogP contribution in [0.15, 0.2) is 27.6 Å². The summed E-state index contributed by atoms with van der Waals surface area (Å²) in [6, 6.07) is 4.23. The summed E-state index contributed by atoms with van der Waals surface area (Å²) in [4.78, 5) is 1.61. The van der Waals surface area contributed by atoms with Gasteiger partial charge in [0, 0.05) is 16.3 Å². The summed E-state index contributed by atoms with van der Waals surface area (Å²) in [6.07, 6.45) is 0. The van der Waals surface area contributed by atoms with Gasteiger partial charge in [0.1, 0.15) is 10.7 Å². The SMILES string of the molecule is Cc1cc(Br)c(F)cc1NS(=O)(=O)c1cc(CN)sc1C. The minimum Gasteiger partial charge on any atom is -0.326 e. The normalized spacial score (nSPS) is 11.7. The molecule has 0 saturated heterocycles. The smallest absolute Gasteiger partial charge is 0.263 e. The molecular formula is C13H14BrFN2O2S2. The van der Waals surface area contributed by atoms with Gasteiger partial charge < -0.3 is 5.73 Å². The summed E-state index contributed by atoms with van der Waals surface area (Å²) in [5.41, 5.74) is 6.37. The molecule has 4 nitrogen and oxygen atoms in total. The number of hydrogen-bond acceptors (Lipinski definition) is 4. The lowest BCUT2D eigenvalue weighted by molar-refractivity contribution is 0.600. The summed E-state index contributed by atoms with van der Waals surface area (Å²) >= 11 is 4.40. The number of nitrogens with two attached hydrogens (primary N) is 1. The number of anilines is 1. The van der Waals surface area contributed by atoms with Gasteiger partial charge in [0.05, 0.1) is 10.2 Å². The summed E-state index contributed by atoms with van der Waals surface area (Å²) < 4.78 is 41.1. The minimum atomic E-state index is -3.76. The number of rotatable bonds is 4. The Balaban J connectivity index is 2.42. The van der Waals surface area contributed by atoms with Crippen molar-refractivity contribution >= 4 is 43.0 Å². The molecule has 0 unspecified atom stereocenters. The zero-order chi connectivity index (χ0) is 15.8. The van der Waals surface area contributed by atoms with Crippen molar-refractivity contribution in [2.45, 2.75) is 25.3 Å². The number of thiophene rings is 1. The molecule has 1 aromatic heterocycles. The van der Waals surface area contributed by atoms with Crippen LogP contribution in [0.4, 0.5) is 10.1 Å². The Morgan fingerprint density at radius 2 is 2.00 bits per heavy atom. The molecule has 2 aromatic rings. The molecule has 0 spiro atoms. The predicted molar refractivity (Wildman–Crippen MR) is 86.6 cm³/mol. The molecule has 8 heteroatoms. The Bertz CT molecular complexity index is 788. The van der Waals surface area contributed by atoms with Crippen molar-refractivity contribution in [3.05, 3.63) is 43.8 Å². The molecule has 1 heterocycles. The first-order valence-corrected chi connectivity index (χ1v) is 9.11. The van der Waals surface area contributed by atoms with Crippen molar-refractivity contribution in [2.24, 2.45) is 5.73 Å². The Labute approximate surface area is 135 Å². The van der Waals surface area contributed by atoms with E-state index in [-0.39, 0.29) is 17.1 Å². The monoisotopic (exact) mass is 392 g/mol. The number of nitrogens with one attached hydrogen (secondary N) is 1. The lowest BCUT2D eigenvalue weighted by Gasteiger charge is -2.11. The summed E-state index contributed by atoms with van der Waals surface area (Å²) in [7, 11) is -3.76. The van der Waals surface area contributed by atoms with E-state index in [1.165, 1.54) is 17.4 Å². The molecule has 1 aromatic carbocycles. The zero-order valence-electron chi connectivity index (χ0n) is 11.4. The molecule has 3 N–H and O–H groups in total. The molecule has 0 amide bonds. The number of hydrogen-bond donors (Lipinski definition) is 2. The van der Waals surface area contributed by atoms with E-state index in [1.54, 1.807) is 19.9 Å². The number of benzene rings is 1. The maximum Gasteiger partial charge on any atom is 0.263 e. The fraction of sp³-hybridized carbons (Fsp3) is 0.231. The van der Waals surface area contributed by atoms with Gasteiger partial charge >= 0.3 is 0 Å². The van der Waals surface area contributed by atoms with E-state index in [4.69, 9.17) is 5.73 Å². The molecule has 2 rings (SSSR count). The van der Waals surface area contributed by atoms with E-state index < -0.39 is 15.8 Å². The van der Waals surface area contributed by atoms with Crippen LogP contribution in [0.1, 0.15) is 15.3 Å². The van der Waals surface area contributed by atoms with Crippen LogP contribution in [0.25, 0.3) is 0 Å². The molecular weight excluding hydrogens is 379 g/mol. The van der Waals surface area contributed by atoms with Crippen LogP contribution in [0.3, 0.4) is 0 Å². The lowest BCUT2D eigenvalue weighted by atomic mass is 10.2. The van der Waals surface area contributed by atoms with Crippen LogP contribution in [-0.2, 0) is 16.6 Å². The summed E-state index contributed by atoms with van der Waals surface area (Å²) in [5.74, 6) is -0.525. The second-order valence-corrected chi connectivity index (χ2v) is 8.37. The third-order valence-corrected chi connectivity index (χ3v) is 6.23. The van der Waals surface area contributed by atoms with Gasteiger partial charge in [0.2, 0.25) is 0 Å². The molecule has 0 bridgehead atoms. The largest absolute Gasteiger partial charge is 0.326 e. The van der Waals surface area contributed by atoms with Crippen molar-refractivity contribution in [1.82, 2.24) is 0 Å². The fourth-order valence-corrected chi connectivity index (χ4v) is 4.94. The lowest BCUT2D eigenvalue weighted by Crippen LogP contribution is -2.14. The minimum absolute atomic E-state index is 0.177. The van der Waals surface area contributed by atoms with Crippen molar-refractivity contribution in [2.75, 3.05) is 4.72 Å². The van der Waals surface area contributed by atoms with Crippen molar-refractivity contribution in [3.63, 3.8) is 0 Å². The van der Waals surface area contributed by atoms with E-state index in [0.717, 1.165) is 10.9 Å². The third kappa shape index (κ3) is 3.45. The number of halogens is 2. The quantitative estimate of drug-likeness (QED) is 0.835. The standard InChI is InChI=1S/C13H14BrFN2O2S2/c1-7-3-10(14)11(15)5-12(7)17-21(18,19)13-4-9(6-16)20-8(13)2/h3-5,17H,6,16H2,1-2H3. The van der Waals surface area contributed by atoms with E-state index in [1.807, 2.05) is 0 Å². The van der Waals surface area contributed by atoms with Gasteiger partial charge in [-0.05, 0) is 53.5 Å². The third-order valence-electron chi connectivity index (χ3n) is 2.93. The van der Waals surface area contributed by atoms with Crippen LogP contribution in [0.5, 0.6) is 0 Å². The zero-order valence-corrected chi connectivity index (χ0v) is 14.6. The Morgan fingerprint density at radius 1 is 1.33 bits per heavy atom. The molecule has 21 heavy (non-hydrogen) atoms. The van der Waals surface area contributed by atoms with Crippen LogP contribution in [-0.4, -0.2) is 8.42 Å². The van der Waals surface area contributed by atoms with Gasteiger partial charge in [0.15, 0.2) is 0 Å². The second kappa shape index (κ2) is 6.04. The van der Waals surface area contributed by atoms with Crippen molar-refractivity contribution < 1.29 is 12.8 Å². The maximum atomic E-state index is 13.6. The molecule has 0 saturated carbocycles. The number of sulfonamides is 1. The molecule has 114 valence electrons. The maximum absolute atomic E-state index is 13.6. The second-order valence-electron chi connectivity index (χ2n) is 4.52. The molecule has 0 atom stereocenters. The highest BCUT2D eigenvalue weighted by Gasteiger charge is 2.21. The van der Waals surface area contributed by atoms with Gasteiger partial charge in [-0.1, -0.05) is 0 Å². The van der Waals surface area contributed by atoms with Gasteiger partial charge in [-0.15, -0.1) is 11.3 Å². The summed E-state index contributed by atoms with van der Waals surface area (Å²) in [6.45, 7) is 3.70. The van der Waals surface area contributed by atoms with Gasteiger partial charge in [-0.3, -0.25) is 4.72 Å². The first-order chi connectivity index (χ1) is 9.74. The van der Waals surface area contributed by atoms with Crippen LogP contribution in [0, 0.1) is 19.7 Å². The van der Waals surface area contributed by atoms with E-state index in [0.29, 0.717) is 14.9 Å². The van der Waals surface area contributed by atoms with E-state index in [2.05, 4.69) is 20.7 Å². The Hall–Kier alpha value is -0.960. The Kier molecular flexibility index (Phi) is 4.72. The average molecular weight is 393 g/mol. The average Bonchev–Trinajstić information content (AvgIpc) is 2.78. The van der Waals surface area contributed by atoms with Gasteiger partial charge in [-0.25, -0.2) is 12.8 Å². The summed E-state index contributed by atoms with van der Waals surface area (Å²) in [5, 5.41) is 0. The van der Waals surface area contributed by atoms with E-state index >= 15 is 0 Å². The van der Waals surface area contributed by atoms with Crippen molar-refractivity contribution in [1.29, 1.82) is 0 Å². The highest BCUT2D eigenvalue weighted by Crippen LogP contribution is 2.29. The number of aryl methyl sites for hydroxylation is 2. The molecule has 0 radical (unpaired) electrons. The van der Waals surface area contributed by atoms with Crippen LogP contribution >= 0.6 is 27.3 Å². The first-order valence-electron chi connectivity index (χ1n) is 6.02. The molecule has 0 aliphatic rings. The van der Waals surface area contributed by atoms with Gasteiger partial charge in [-0.2, -0.15) is 0 Å². The van der Waals surface area contributed by atoms with E-state index in [9.17, 15) is 12.8 Å². The van der Waals surface area contributed by atoms with Crippen molar-refractivity contribution in [3.8, 4) is 0 Å². The first kappa shape index (κ1) is 16.4. The van der Waals surface area contributed by atoms with Gasteiger partial charge in [0.25, 0.3) is 10.0 Å². The Morgan fingerprint density at radius 3 is 2.57 bits per heavy atom. The topological polar surface area (TPSA) is 72.2 Å².